The predicted molar refractivity (Wildman–Crippen MR) is 101 cm³/mol. The predicted octanol–water partition coefficient (Wildman–Crippen LogP) is 3.80. The number of hydrogen-bond acceptors (Lipinski definition) is 2. The van der Waals surface area contributed by atoms with E-state index in [9.17, 15) is 0 Å². The van der Waals surface area contributed by atoms with E-state index in [-0.39, 0.29) is 12.4 Å². The molecule has 2 nitrogen and oxygen atoms in total. The first kappa shape index (κ1) is 18.0. The highest BCUT2D eigenvalue weighted by molar-refractivity contribution is 5.85. The summed E-state index contributed by atoms with van der Waals surface area (Å²) in [6, 6.07) is 22.0. The summed E-state index contributed by atoms with van der Waals surface area (Å²) in [7, 11) is 2.01. The van der Waals surface area contributed by atoms with Crippen molar-refractivity contribution in [1.29, 1.82) is 0 Å². The highest BCUT2D eigenvalue weighted by Gasteiger charge is 2.50. The van der Waals surface area contributed by atoms with Crippen LogP contribution in [0.5, 0.6) is 0 Å². The van der Waals surface area contributed by atoms with Crippen LogP contribution in [0.25, 0.3) is 0 Å². The van der Waals surface area contributed by atoms with Crippen LogP contribution in [0.4, 0.5) is 0 Å². The molecule has 1 fully saturated rings. The summed E-state index contributed by atoms with van der Waals surface area (Å²) in [6.45, 7) is 3.30. The number of halogens is 1. The van der Waals surface area contributed by atoms with E-state index in [1.807, 2.05) is 7.05 Å². The van der Waals surface area contributed by atoms with Gasteiger partial charge >= 0.3 is 0 Å². The molecular formula is C20H27ClN2. The van der Waals surface area contributed by atoms with Gasteiger partial charge in [0.05, 0.1) is 0 Å². The second kappa shape index (κ2) is 9.07. The Morgan fingerprint density at radius 1 is 0.783 bits per heavy atom. The smallest absolute Gasteiger partial charge is 0.000835 e. The fraction of sp³-hybridized carbons (Fsp3) is 0.400. The average Bonchev–Trinajstić information content (AvgIpc) is 3.30. The molecule has 2 N–H and O–H groups in total. The molecule has 1 aliphatic carbocycles. The first-order valence-corrected chi connectivity index (χ1v) is 8.37. The first-order valence-electron chi connectivity index (χ1n) is 8.37. The molecule has 3 rings (SSSR count). The van der Waals surface area contributed by atoms with Crippen LogP contribution < -0.4 is 10.6 Å². The minimum Gasteiger partial charge on any atom is -0.320 e. The van der Waals surface area contributed by atoms with E-state index in [2.05, 4.69) is 71.3 Å². The van der Waals surface area contributed by atoms with Crippen LogP contribution in [0.1, 0.15) is 29.4 Å². The molecule has 2 aromatic rings. The molecule has 0 heterocycles. The Morgan fingerprint density at radius 2 is 1.30 bits per heavy atom. The van der Waals surface area contributed by atoms with Crippen LogP contribution in [0.2, 0.25) is 0 Å². The van der Waals surface area contributed by atoms with E-state index >= 15 is 0 Å². The molecule has 0 amide bonds. The Labute approximate surface area is 146 Å². The topological polar surface area (TPSA) is 24.1 Å². The summed E-state index contributed by atoms with van der Waals surface area (Å²) < 4.78 is 0. The maximum Gasteiger partial charge on any atom is -0.000835 e. The summed E-state index contributed by atoms with van der Waals surface area (Å²) in [6.07, 6.45) is 1.19. The van der Waals surface area contributed by atoms with Gasteiger partial charge in [0.15, 0.2) is 0 Å². The lowest BCUT2D eigenvalue weighted by Gasteiger charge is -2.04. The zero-order valence-corrected chi connectivity index (χ0v) is 14.6. The minimum absolute atomic E-state index is 0. The minimum atomic E-state index is 0. The molecule has 0 bridgehead atoms. The zero-order chi connectivity index (χ0) is 15.2. The Kier molecular flexibility index (Phi) is 7.10. The lowest BCUT2D eigenvalue weighted by atomic mass is 10.0. The Balaban J connectivity index is 0.00000192. The molecule has 1 aliphatic rings. The summed E-state index contributed by atoms with van der Waals surface area (Å²) in [4.78, 5) is 0. The third-order valence-electron chi connectivity index (χ3n) is 4.70. The number of benzene rings is 2. The molecule has 2 atom stereocenters. The summed E-state index contributed by atoms with van der Waals surface area (Å²) in [5.74, 6) is 2.06. The van der Waals surface area contributed by atoms with Gasteiger partial charge in [0.25, 0.3) is 0 Å². The van der Waals surface area contributed by atoms with Crippen molar-refractivity contribution in [1.82, 2.24) is 10.6 Å². The van der Waals surface area contributed by atoms with E-state index in [0.717, 1.165) is 25.6 Å². The molecule has 124 valence electrons. The highest BCUT2D eigenvalue weighted by Crippen LogP contribution is 2.59. The van der Waals surface area contributed by atoms with Crippen LogP contribution >= 0.6 is 12.4 Å². The van der Waals surface area contributed by atoms with Crippen molar-refractivity contribution in [2.45, 2.75) is 18.3 Å². The number of rotatable bonds is 8. The maximum absolute atomic E-state index is 3.64. The fourth-order valence-electron chi connectivity index (χ4n) is 3.55. The van der Waals surface area contributed by atoms with Gasteiger partial charge in [-0.1, -0.05) is 60.7 Å². The molecule has 0 radical (unpaired) electrons. The second-order valence-electron chi connectivity index (χ2n) is 6.20. The van der Waals surface area contributed by atoms with E-state index in [1.54, 1.807) is 0 Å². The van der Waals surface area contributed by atoms with Crippen LogP contribution in [0.15, 0.2) is 60.7 Å². The van der Waals surface area contributed by atoms with Crippen molar-refractivity contribution in [2.75, 3.05) is 26.7 Å². The molecule has 2 aromatic carbocycles. The third-order valence-corrected chi connectivity index (χ3v) is 4.70. The molecule has 0 aromatic heterocycles. The third kappa shape index (κ3) is 4.57. The quantitative estimate of drug-likeness (QED) is 0.719. The largest absolute Gasteiger partial charge is 0.320 e. The normalized spacial score (nSPS) is 22.4. The fourth-order valence-corrected chi connectivity index (χ4v) is 3.55. The number of nitrogens with one attached hydrogen (secondary N) is 2. The number of hydrogen-bond donors (Lipinski definition) is 2. The Bertz CT molecular complexity index is 513. The van der Waals surface area contributed by atoms with Gasteiger partial charge in [-0.05, 0) is 62.0 Å². The van der Waals surface area contributed by atoms with Gasteiger partial charge in [-0.3, -0.25) is 0 Å². The standard InChI is InChI=1S/C20H26N2.ClH/c1-21-13-8-14-22-15-18-19(16-9-4-2-5-10-16)20(18)17-11-6-3-7-12-17;/h2-7,9-12,18-22H,8,13-15H2,1H3;1H. The van der Waals surface area contributed by atoms with Gasteiger partial charge in [-0.2, -0.15) is 0 Å². The molecule has 0 saturated heterocycles. The SMILES string of the molecule is CNCCCNCC1C(c2ccccc2)C1c1ccccc1.Cl. The molecular weight excluding hydrogens is 304 g/mol. The van der Waals surface area contributed by atoms with Gasteiger partial charge in [0, 0.05) is 0 Å². The van der Waals surface area contributed by atoms with Crippen LogP contribution in [-0.2, 0) is 0 Å². The van der Waals surface area contributed by atoms with Crippen molar-refractivity contribution in [3.8, 4) is 0 Å². The zero-order valence-electron chi connectivity index (χ0n) is 13.7. The van der Waals surface area contributed by atoms with Gasteiger partial charge in [-0.25, -0.2) is 0 Å². The van der Waals surface area contributed by atoms with E-state index in [4.69, 9.17) is 0 Å². The maximum atomic E-state index is 3.64. The summed E-state index contributed by atoms with van der Waals surface area (Å²) >= 11 is 0. The van der Waals surface area contributed by atoms with Gasteiger partial charge in [-0.15, -0.1) is 12.4 Å². The van der Waals surface area contributed by atoms with E-state index in [1.165, 1.54) is 17.5 Å². The lowest BCUT2D eigenvalue weighted by Crippen LogP contribution is -2.22. The molecule has 2 unspecified atom stereocenters. The van der Waals surface area contributed by atoms with Crippen molar-refractivity contribution < 1.29 is 0 Å². The molecule has 0 spiro atoms. The molecule has 3 heteroatoms. The Hall–Kier alpha value is -1.35. The van der Waals surface area contributed by atoms with Crippen molar-refractivity contribution in [2.24, 2.45) is 5.92 Å². The Morgan fingerprint density at radius 3 is 1.78 bits per heavy atom. The lowest BCUT2D eigenvalue weighted by molar-refractivity contribution is 0.587. The van der Waals surface area contributed by atoms with Gasteiger partial charge in [0.2, 0.25) is 0 Å². The first-order chi connectivity index (χ1) is 10.9. The average molecular weight is 331 g/mol. The van der Waals surface area contributed by atoms with Crippen LogP contribution in [0, 0.1) is 5.92 Å². The van der Waals surface area contributed by atoms with Crippen molar-refractivity contribution >= 4 is 12.4 Å². The van der Waals surface area contributed by atoms with Crippen molar-refractivity contribution in [3.05, 3.63) is 71.8 Å². The summed E-state index contributed by atoms with van der Waals surface area (Å²) in [5.41, 5.74) is 2.97. The highest BCUT2D eigenvalue weighted by atomic mass is 35.5. The summed E-state index contributed by atoms with van der Waals surface area (Å²) in [5, 5.41) is 6.84. The van der Waals surface area contributed by atoms with E-state index < -0.39 is 0 Å². The molecule has 23 heavy (non-hydrogen) atoms. The van der Waals surface area contributed by atoms with E-state index in [0.29, 0.717) is 11.8 Å². The van der Waals surface area contributed by atoms with Crippen molar-refractivity contribution in [3.63, 3.8) is 0 Å². The van der Waals surface area contributed by atoms with Crippen LogP contribution in [-0.4, -0.2) is 26.7 Å². The molecule has 0 aliphatic heterocycles. The second-order valence-corrected chi connectivity index (χ2v) is 6.20. The van der Waals surface area contributed by atoms with Gasteiger partial charge in [0.1, 0.15) is 0 Å². The van der Waals surface area contributed by atoms with Crippen LogP contribution in [0.3, 0.4) is 0 Å². The van der Waals surface area contributed by atoms with Gasteiger partial charge < -0.3 is 10.6 Å². The monoisotopic (exact) mass is 330 g/mol. The molecule has 1 saturated carbocycles.